The summed E-state index contributed by atoms with van der Waals surface area (Å²) in [5.41, 5.74) is 7.69. The number of fused-ring (bicyclic) bond motifs is 1. The van der Waals surface area contributed by atoms with Crippen LogP contribution in [0.1, 0.15) is 60.0 Å². The number of ether oxygens (including phenoxy) is 1. The van der Waals surface area contributed by atoms with Crippen LogP contribution in [0, 0.1) is 6.92 Å². The van der Waals surface area contributed by atoms with Gasteiger partial charge in [0.15, 0.2) is 0 Å². The number of aryl methyl sites for hydroxylation is 2. The number of pyridine rings is 1. The zero-order valence-corrected chi connectivity index (χ0v) is 19.8. The van der Waals surface area contributed by atoms with Crippen molar-refractivity contribution in [3.05, 3.63) is 53.3 Å². The number of alkyl carbamates (subject to hydrolysis) is 1. The van der Waals surface area contributed by atoms with E-state index in [0.29, 0.717) is 48.5 Å². The molecule has 3 amide bonds. The van der Waals surface area contributed by atoms with Crippen LogP contribution in [0.2, 0.25) is 0 Å². The number of aromatic nitrogens is 3. The molecular weight excluding hydrogens is 436 g/mol. The maximum atomic E-state index is 12.8. The van der Waals surface area contributed by atoms with E-state index in [9.17, 15) is 14.4 Å². The third kappa shape index (κ3) is 6.53. The average molecular weight is 467 g/mol. The number of anilines is 1. The Kier molecular flexibility index (Phi) is 7.50. The van der Waals surface area contributed by atoms with Crippen LogP contribution in [0.25, 0.3) is 11.0 Å². The molecule has 0 spiro atoms. The van der Waals surface area contributed by atoms with Crippen molar-refractivity contribution < 1.29 is 19.1 Å². The number of amides is 3. The third-order valence-corrected chi connectivity index (χ3v) is 4.91. The van der Waals surface area contributed by atoms with Crippen molar-refractivity contribution in [3.63, 3.8) is 0 Å². The molecule has 0 aliphatic carbocycles. The molecule has 2 aromatic heterocycles. The monoisotopic (exact) mass is 466 g/mol. The van der Waals surface area contributed by atoms with E-state index < -0.39 is 17.6 Å². The number of imidazole rings is 1. The van der Waals surface area contributed by atoms with E-state index in [1.807, 2.05) is 32.3 Å². The van der Waals surface area contributed by atoms with Crippen molar-refractivity contribution in [2.24, 2.45) is 5.73 Å². The summed E-state index contributed by atoms with van der Waals surface area (Å²) in [6.45, 7) is 8.25. The minimum absolute atomic E-state index is 0.333. The molecule has 10 nitrogen and oxygen atoms in total. The second-order valence-corrected chi connectivity index (χ2v) is 8.93. The molecular formula is C24H30N6O4. The van der Waals surface area contributed by atoms with Gasteiger partial charge in [-0.1, -0.05) is 0 Å². The Hall–Kier alpha value is -3.95. The first-order valence-corrected chi connectivity index (χ1v) is 11.0. The van der Waals surface area contributed by atoms with Gasteiger partial charge >= 0.3 is 6.09 Å². The van der Waals surface area contributed by atoms with Crippen LogP contribution >= 0.6 is 0 Å². The molecule has 0 radical (unpaired) electrons. The van der Waals surface area contributed by atoms with Crippen molar-refractivity contribution in [2.75, 3.05) is 11.9 Å². The molecule has 34 heavy (non-hydrogen) atoms. The summed E-state index contributed by atoms with van der Waals surface area (Å²) in [4.78, 5) is 44.8. The van der Waals surface area contributed by atoms with Crippen LogP contribution in [-0.4, -0.2) is 44.6 Å². The smallest absolute Gasteiger partial charge is 0.407 e. The highest BCUT2D eigenvalue weighted by Crippen LogP contribution is 2.22. The molecule has 1 aromatic carbocycles. The van der Waals surface area contributed by atoms with Gasteiger partial charge in [0, 0.05) is 30.5 Å². The Morgan fingerprint density at radius 1 is 1.09 bits per heavy atom. The fraction of sp³-hybridized carbons (Fsp3) is 0.375. The number of unbranched alkanes of at least 4 members (excludes halogenated alkanes) is 1. The van der Waals surface area contributed by atoms with Crippen LogP contribution in [0.5, 0.6) is 0 Å². The summed E-state index contributed by atoms with van der Waals surface area (Å²) in [6, 6.07) is 8.43. The van der Waals surface area contributed by atoms with E-state index in [-0.39, 0.29) is 5.91 Å². The second kappa shape index (κ2) is 10.3. The van der Waals surface area contributed by atoms with Gasteiger partial charge < -0.3 is 20.4 Å². The zero-order valence-electron chi connectivity index (χ0n) is 19.8. The first kappa shape index (κ1) is 24.7. The van der Waals surface area contributed by atoms with Gasteiger partial charge in [-0.25, -0.2) is 9.78 Å². The highest BCUT2D eigenvalue weighted by atomic mass is 16.6. The normalized spacial score (nSPS) is 11.3. The lowest BCUT2D eigenvalue weighted by atomic mass is 10.2. The Bertz CT molecular complexity index is 1190. The number of nitrogens with one attached hydrogen (secondary N) is 2. The first-order valence-electron chi connectivity index (χ1n) is 11.0. The molecule has 0 saturated carbocycles. The highest BCUT2D eigenvalue weighted by molar-refractivity contribution is 6.04. The Morgan fingerprint density at radius 3 is 2.47 bits per heavy atom. The Labute approximate surface area is 197 Å². The number of hydrogen-bond donors (Lipinski definition) is 3. The van der Waals surface area contributed by atoms with E-state index in [1.54, 1.807) is 30.3 Å². The molecule has 0 unspecified atom stereocenters. The number of benzene rings is 1. The van der Waals surface area contributed by atoms with Gasteiger partial charge in [0.25, 0.3) is 5.91 Å². The van der Waals surface area contributed by atoms with E-state index in [2.05, 4.69) is 20.6 Å². The van der Waals surface area contributed by atoms with Crippen LogP contribution < -0.4 is 16.4 Å². The van der Waals surface area contributed by atoms with E-state index in [0.717, 1.165) is 11.2 Å². The van der Waals surface area contributed by atoms with Crippen LogP contribution in [-0.2, 0) is 11.3 Å². The van der Waals surface area contributed by atoms with Gasteiger partial charge in [-0.2, -0.15) is 0 Å². The predicted octanol–water partition coefficient (Wildman–Crippen LogP) is 3.40. The number of nitrogens with two attached hydrogens (primary N) is 1. The molecule has 0 saturated heterocycles. The topological polar surface area (TPSA) is 141 Å². The molecule has 0 bridgehead atoms. The largest absolute Gasteiger partial charge is 0.444 e. The van der Waals surface area contributed by atoms with Gasteiger partial charge in [-0.3, -0.25) is 19.9 Å². The summed E-state index contributed by atoms with van der Waals surface area (Å²) in [5, 5.41) is 5.57. The van der Waals surface area contributed by atoms with Gasteiger partial charge in [0.2, 0.25) is 11.9 Å². The van der Waals surface area contributed by atoms with Crippen molar-refractivity contribution in [3.8, 4) is 0 Å². The SMILES string of the molecule is Cc1ccc(C(=O)Nc2nc3cc(C(N)=O)ccc3n2CCCCNC(=O)OC(C)(C)C)cn1. The van der Waals surface area contributed by atoms with Gasteiger partial charge in [0.05, 0.1) is 16.6 Å². The molecule has 180 valence electrons. The molecule has 2 heterocycles. The quantitative estimate of drug-likeness (QED) is 0.435. The van der Waals surface area contributed by atoms with Crippen molar-refractivity contribution in [2.45, 2.75) is 52.7 Å². The fourth-order valence-corrected chi connectivity index (χ4v) is 3.28. The standard InChI is InChI=1S/C24H30N6O4/c1-15-7-8-17(14-27-15)21(32)29-22-28-18-13-16(20(25)31)9-10-19(18)30(22)12-6-5-11-26-23(33)34-24(2,3)4/h7-10,13-14H,5-6,11-12H2,1-4H3,(H2,25,31)(H,26,33)(H,28,29,32). The summed E-state index contributed by atoms with van der Waals surface area (Å²) >= 11 is 0. The number of primary amides is 1. The molecule has 0 aliphatic heterocycles. The van der Waals surface area contributed by atoms with E-state index >= 15 is 0 Å². The van der Waals surface area contributed by atoms with Crippen LogP contribution in [0.4, 0.5) is 10.7 Å². The molecule has 0 fully saturated rings. The molecule has 3 aromatic rings. The summed E-state index contributed by atoms with van der Waals surface area (Å²) in [6.07, 6.45) is 2.44. The summed E-state index contributed by atoms with van der Waals surface area (Å²) in [5.74, 6) is -0.547. The minimum atomic E-state index is -0.555. The number of carbonyl (C=O) groups excluding carboxylic acids is 3. The van der Waals surface area contributed by atoms with Gasteiger partial charge in [0.1, 0.15) is 5.60 Å². The van der Waals surface area contributed by atoms with Crippen LogP contribution in [0.15, 0.2) is 36.5 Å². The lowest BCUT2D eigenvalue weighted by Crippen LogP contribution is -2.33. The number of carbonyl (C=O) groups is 3. The number of hydrogen-bond acceptors (Lipinski definition) is 6. The lowest BCUT2D eigenvalue weighted by Gasteiger charge is -2.19. The van der Waals surface area contributed by atoms with Crippen molar-refractivity contribution >= 4 is 34.9 Å². The maximum absolute atomic E-state index is 12.8. The lowest BCUT2D eigenvalue weighted by molar-refractivity contribution is 0.0526. The number of nitrogens with zero attached hydrogens (tertiary/aromatic N) is 3. The predicted molar refractivity (Wildman–Crippen MR) is 129 cm³/mol. The molecule has 10 heteroatoms. The molecule has 0 atom stereocenters. The first-order chi connectivity index (χ1) is 16.0. The zero-order chi connectivity index (χ0) is 24.9. The molecule has 4 N–H and O–H groups in total. The Morgan fingerprint density at radius 2 is 1.82 bits per heavy atom. The van der Waals surface area contributed by atoms with Gasteiger partial charge in [-0.15, -0.1) is 0 Å². The average Bonchev–Trinajstić information content (AvgIpc) is 3.08. The van der Waals surface area contributed by atoms with Crippen LogP contribution in [0.3, 0.4) is 0 Å². The summed E-state index contributed by atoms with van der Waals surface area (Å²) in [7, 11) is 0. The Balaban J connectivity index is 1.73. The minimum Gasteiger partial charge on any atom is -0.444 e. The summed E-state index contributed by atoms with van der Waals surface area (Å²) < 4.78 is 7.10. The van der Waals surface area contributed by atoms with E-state index in [1.165, 1.54) is 6.20 Å². The fourth-order valence-electron chi connectivity index (χ4n) is 3.28. The molecule has 3 rings (SSSR count). The van der Waals surface area contributed by atoms with E-state index in [4.69, 9.17) is 10.5 Å². The molecule has 0 aliphatic rings. The number of rotatable bonds is 8. The van der Waals surface area contributed by atoms with Crippen molar-refractivity contribution in [1.82, 2.24) is 19.9 Å². The third-order valence-electron chi connectivity index (χ3n) is 4.91. The second-order valence-electron chi connectivity index (χ2n) is 8.93. The van der Waals surface area contributed by atoms with Crippen molar-refractivity contribution in [1.29, 1.82) is 0 Å². The van der Waals surface area contributed by atoms with Gasteiger partial charge in [-0.05, 0) is 70.9 Å². The highest BCUT2D eigenvalue weighted by Gasteiger charge is 2.17. The maximum Gasteiger partial charge on any atom is 0.407 e.